The summed E-state index contributed by atoms with van der Waals surface area (Å²) in [5.74, 6) is 2.31. The van der Waals surface area contributed by atoms with Gasteiger partial charge in [0.1, 0.15) is 0 Å². The molecule has 0 bridgehead atoms. The quantitative estimate of drug-likeness (QED) is 0.831. The first kappa shape index (κ1) is 19.5. The zero-order valence-corrected chi connectivity index (χ0v) is 17.2. The Morgan fingerprint density at radius 2 is 1.63 bits per heavy atom. The van der Waals surface area contributed by atoms with Crippen LogP contribution in [0.2, 0.25) is 0 Å². The van der Waals surface area contributed by atoms with Gasteiger partial charge in [0.05, 0.1) is 6.20 Å². The topological polar surface area (TPSA) is 57.2 Å². The fraction of sp³-hybridized carbons (Fsp3) is 0.571. The maximum absolute atomic E-state index is 4.77. The average molecular weight is 369 g/mol. The van der Waals surface area contributed by atoms with Crippen molar-refractivity contribution in [3.8, 4) is 0 Å². The normalized spacial score (nSPS) is 15.6. The number of nitrogens with one attached hydrogen (secondary N) is 1. The van der Waals surface area contributed by atoms with Gasteiger partial charge in [-0.2, -0.15) is 10.1 Å². The highest BCUT2D eigenvalue weighted by Gasteiger charge is 2.19. The lowest BCUT2D eigenvalue weighted by molar-refractivity contribution is 0.270. The van der Waals surface area contributed by atoms with E-state index in [0.717, 1.165) is 44.2 Å². The highest BCUT2D eigenvalue weighted by atomic mass is 15.3. The zero-order chi connectivity index (χ0) is 19.4. The van der Waals surface area contributed by atoms with Gasteiger partial charge in [-0.25, -0.2) is 0 Å². The van der Waals surface area contributed by atoms with Gasteiger partial charge in [-0.15, -0.1) is 5.10 Å². The molecule has 1 aliphatic heterocycles. The molecule has 0 unspecified atom stereocenters. The minimum atomic E-state index is 0.421. The van der Waals surface area contributed by atoms with Crippen LogP contribution in [0.4, 0.5) is 17.5 Å². The second kappa shape index (κ2) is 8.65. The van der Waals surface area contributed by atoms with Crippen LogP contribution in [0.25, 0.3) is 0 Å². The number of piperazine rings is 1. The summed E-state index contributed by atoms with van der Waals surface area (Å²) < 4.78 is 0. The van der Waals surface area contributed by atoms with Crippen LogP contribution in [0.5, 0.6) is 0 Å². The van der Waals surface area contributed by atoms with Crippen molar-refractivity contribution in [2.75, 3.05) is 42.9 Å². The molecule has 1 saturated heterocycles. The van der Waals surface area contributed by atoms with Gasteiger partial charge in [-0.3, -0.25) is 0 Å². The van der Waals surface area contributed by atoms with E-state index in [1.165, 1.54) is 11.1 Å². The second-order valence-electron chi connectivity index (χ2n) is 7.81. The molecule has 0 aliphatic carbocycles. The van der Waals surface area contributed by atoms with E-state index in [1.807, 2.05) is 0 Å². The monoisotopic (exact) mass is 368 g/mol. The van der Waals surface area contributed by atoms with Crippen LogP contribution in [-0.2, 0) is 0 Å². The molecule has 0 atom stereocenters. The molecule has 146 valence electrons. The lowest BCUT2D eigenvalue weighted by Gasteiger charge is -2.34. The van der Waals surface area contributed by atoms with Gasteiger partial charge in [0.15, 0.2) is 5.82 Å². The third-order valence-electron chi connectivity index (χ3n) is 5.30. The highest BCUT2D eigenvalue weighted by molar-refractivity contribution is 5.65. The van der Waals surface area contributed by atoms with Crippen molar-refractivity contribution in [3.63, 3.8) is 0 Å². The van der Waals surface area contributed by atoms with Gasteiger partial charge < -0.3 is 15.1 Å². The minimum absolute atomic E-state index is 0.421. The molecule has 1 fully saturated rings. The fourth-order valence-electron chi connectivity index (χ4n) is 3.60. The van der Waals surface area contributed by atoms with E-state index in [9.17, 15) is 0 Å². The van der Waals surface area contributed by atoms with E-state index in [2.05, 4.69) is 78.1 Å². The molecular weight excluding hydrogens is 336 g/mol. The van der Waals surface area contributed by atoms with Crippen molar-refractivity contribution in [3.05, 3.63) is 35.5 Å². The average Bonchev–Trinajstić information content (AvgIpc) is 2.68. The molecule has 2 heterocycles. The Balaban J connectivity index is 1.85. The minimum Gasteiger partial charge on any atom is -0.353 e. The van der Waals surface area contributed by atoms with Crippen LogP contribution < -0.4 is 10.2 Å². The molecule has 0 radical (unpaired) electrons. The Bertz CT molecular complexity index is 724. The molecule has 1 aliphatic rings. The summed E-state index contributed by atoms with van der Waals surface area (Å²) in [5, 5.41) is 11.9. The summed E-state index contributed by atoms with van der Waals surface area (Å²) in [7, 11) is 0. The summed E-state index contributed by atoms with van der Waals surface area (Å²) in [6.07, 6.45) is 1.77. The third kappa shape index (κ3) is 4.56. The van der Waals surface area contributed by atoms with Crippen LogP contribution in [0.1, 0.15) is 57.6 Å². The number of rotatable bonds is 6. The molecule has 6 nitrogen and oxygen atoms in total. The Labute approximate surface area is 163 Å². The van der Waals surface area contributed by atoms with E-state index in [4.69, 9.17) is 4.98 Å². The first-order valence-corrected chi connectivity index (χ1v) is 10.1. The number of nitrogens with zero attached hydrogens (tertiary/aromatic N) is 5. The fourth-order valence-corrected chi connectivity index (χ4v) is 3.60. The van der Waals surface area contributed by atoms with E-state index in [1.54, 1.807) is 6.20 Å². The summed E-state index contributed by atoms with van der Waals surface area (Å²) in [6.45, 7) is 16.3. The number of likely N-dealkylation sites (N-methyl/N-ethyl adjacent to an activating group) is 1. The number of benzene rings is 1. The first-order valence-electron chi connectivity index (χ1n) is 10.1. The van der Waals surface area contributed by atoms with Gasteiger partial charge in [0, 0.05) is 31.9 Å². The van der Waals surface area contributed by atoms with Crippen molar-refractivity contribution in [2.45, 2.75) is 46.5 Å². The predicted molar refractivity (Wildman–Crippen MR) is 112 cm³/mol. The Morgan fingerprint density at radius 1 is 1.00 bits per heavy atom. The largest absolute Gasteiger partial charge is 0.353 e. The van der Waals surface area contributed by atoms with Gasteiger partial charge >= 0.3 is 0 Å². The second-order valence-corrected chi connectivity index (χ2v) is 7.81. The number of anilines is 3. The van der Waals surface area contributed by atoms with E-state index >= 15 is 0 Å². The van der Waals surface area contributed by atoms with E-state index < -0.39 is 0 Å². The Kier molecular flexibility index (Phi) is 6.26. The van der Waals surface area contributed by atoms with Crippen LogP contribution in [0, 0.1) is 0 Å². The Hall–Kier alpha value is -2.21. The predicted octanol–water partition coefficient (Wildman–Crippen LogP) is 4.00. The van der Waals surface area contributed by atoms with E-state index in [0.29, 0.717) is 17.8 Å². The molecule has 0 saturated carbocycles. The molecule has 1 aromatic heterocycles. The number of para-hydroxylation sites is 1. The number of hydrogen-bond donors (Lipinski definition) is 1. The van der Waals surface area contributed by atoms with Crippen LogP contribution >= 0.6 is 0 Å². The standard InChI is InChI=1S/C21H32N6/c1-6-26-10-12-27(13-11-26)19-14-22-25-21(23-19)24-20-17(15(2)3)8-7-9-18(20)16(4)5/h7-9,14-16H,6,10-13H2,1-5H3,(H,23,24,25). The molecule has 6 heteroatoms. The molecule has 1 aromatic carbocycles. The molecule has 1 N–H and O–H groups in total. The smallest absolute Gasteiger partial charge is 0.249 e. The van der Waals surface area contributed by atoms with Gasteiger partial charge in [-0.05, 0) is 29.5 Å². The summed E-state index contributed by atoms with van der Waals surface area (Å²) in [4.78, 5) is 9.52. The molecule has 2 aromatic rings. The summed E-state index contributed by atoms with van der Waals surface area (Å²) in [6, 6.07) is 6.50. The maximum Gasteiger partial charge on any atom is 0.249 e. The van der Waals surface area contributed by atoms with Crippen molar-refractivity contribution in [2.24, 2.45) is 0 Å². The molecular formula is C21H32N6. The first-order chi connectivity index (χ1) is 13.0. The van der Waals surface area contributed by atoms with Crippen molar-refractivity contribution >= 4 is 17.5 Å². The summed E-state index contributed by atoms with van der Waals surface area (Å²) in [5.41, 5.74) is 3.69. The highest BCUT2D eigenvalue weighted by Crippen LogP contribution is 2.33. The van der Waals surface area contributed by atoms with Gasteiger partial charge in [-0.1, -0.05) is 52.8 Å². The van der Waals surface area contributed by atoms with Crippen LogP contribution in [0.15, 0.2) is 24.4 Å². The lowest BCUT2D eigenvalue weighted by atomic mass is 9.93. The number of aromatic nitrogens is 3. The molecule has 3 rings (SSSR count). The van der Waals surface area contributed by atoms with Crippen molar-refractivity contribution in [1.82, 2.24) is 20.1 Å². The van der Waals surface area contributed by atoms with Gasteiger partial charge in [0.25, 0.3) is 0 Å². The maximum atomic E-state index is 4.77. The van der Waals surface area contributed by atoms with Crippen molar-refractivity contribution < 1.29 is 0 Å². The SMILES string of the molecule is CCN1CCN(c2cnnc(Nc3c(C(C)C)cccc3C(C)C)n2)CC1. The summed E-state index contributed by atoms with van der Waals surface area (Å²) >= 11 is 0. The Morgan fingerprint density at radius 3 is 2.19 bits per heavy atom. The third-order valence-corrected chi connectivity index (χ3v) is 5.30. The van der Waals surface area contributed by atoms with E-state index in [-0.39, 0.29) is 0 Å². The molecule has 0 amide bonds. The number of hydrogen-bond acceptors (Lipinski definition) is 6. The van der Waals surface area contributed by atoms with Crippen LogP contribution in [0.3, 0.4) is 0 Å². The lowest BCUT2D eigenvalue weighted by Crippen LogP contribution is -2.46. The zero-order valence-electron chi connectivity index (χ0n) is 17.2. The van der Waals surface area contributed by atoms with Crippen LogP contribution in [-0.4, -0.2) is 52.8 Å². The molecule has 0 spiro atoms. The van der Waals surface area contributed by atoms with Gasteiger partial charge in [0.2, 0.25) is 5.95 Å². The van der Waals surface area contributed by atoms with Crippen molar-refractivity contribution in [1.29, 1.82) is 0 Å². The molecule has 27 heavy (non-hydrogen) atoms.